The molecule has 0 saturated heterocycles. The molecule has 0 amide bonds. The van der Waals surface area contributed by atoms with Gasteiger partial charge >= 0.3 is 5.97 Å². The quantitative estimate of drug-likeness (QED) is 0.428. The average molecular weight is 260 g/mol. The van der Waals surface area contributed by atoms with E-state index in [1.807, 2.05) is 13.8 Å². The van der Waals surface area contributed by atoms with Crippen molar-refractivity contribution in [1.82, 2.24) is 0 Å². The van der Waals surface area contributed by atoms with E-state index in [4.69, 9.17) is 19.3 Å². The predicted octanol–water partition coefficient (Wildman–Crippen LogP) is 1.87. The molecular weight excluding hydrogens is 236 g/mol. The van der Waals surface area contributed by atoms with Crippen LogP contribution < -0.4 is 0 Å². The van der Waals surface area contributed by atoms with E-state index < -0.39 is 5.97 Å². The van der Waals surface area contributed by atoms with E-state index in [1.54, 1.807) is 0 Å². The second-order valence-electron chi connectivity index (χ2n) is 4.16. The maximum atomic E-state index is 10.4. The first kappa shape index (κ1) is 17.1. The standard InChI is InChI=1S/C13H24O5/c1-11(2)18-10-9-17-8-7-16-6-4-5-12(3)13(14)15/h11H,3-10H2,1-2H3,(H,14,15). The highest BCUT2D eigenvalue weighted by Gasteiger charge is 2.02. The Morgan fingerprint density at radius 3 is 2.22 bits per heavy atom. The Hall–Kier alpha value is -0.910. The molecule has 0 aliphatic heterocycles. The number of aliphatic carboxylic acids is 1. The smallest absolute Gasteiger partial charge is 0.330 e. The summed E-state index contributed by atoms with van der Waals surface area (Å²) in [6.45, 7) is 10.1. The van der Waals surface area contributed by atoms with Crippen LogP contribution in [-0.2, 0) is 19.0 Å². The third-order valence-corrected chi connectivity index (χ3v) is 2.12. The van der Waals surface area contributed by atoms with Gasteiger partial charge in [-0.2, -0.15) is 0 Å². The fraction of sp³-hybridized carbons (Fsp3) is 0.769. The zero-order valence-electron chi connectivity index (χ0n) is 11.3. The van der Waals surface area contributed by atoms with Crippen LogP contribution in [0, 0.1) is 0 Å². The highest BCUT2D eigenvalue weighted by atomic mass is 16.5. The van der Waals surface area contributed by atoms with Gasteiger partial charge in [0.25, 0.3) is 0 Å². The van der Waals surface area contributed by atoms with Gasteiger partial charge in [-0.1, -0.05) is 6.58 Å². The van der Waals surface area contributed by atoms with Gasteiger partial charge in [-0.15, -0.1) is 0 Å². The molecule has 106 valence electrons. The van der Waals surface area contributed by atoms with Crippen LogP contribution in [0.3, 0.4) is 0 Å². The maximum absolute atomic E-state index is 10.4. The first-order chi connectivity index (χ1) is 8.54. The molecule has 0 aromatic heterocycles. The van der Waals surface area contributed by atoms with E-state index in [0.717, 1.165) is 0 Å². The molecule has 18 heavy (non-hydrogen) atoms. The summed E-state index contributed by atoms with van der Waals surface area (Å²) < 4.78 is 15.9. The third kappa shape index (κ3) is 11.6. The van der Waals surface area contributed by atoms with Gasteiger partial charge in [0.1, 0.15) is 0 Å². The topological polar surface area (TPSA) is 65.0 Å². The lowest BCUT2D eigenvalue weighted by molar-refractivity contribution is -0.132. The van der Waals surface area contributed by atoms with Crippen LogP contribution in [0.4, 0.5) is 0 Å². The molecule has 0 aromatic rings. The van der Waals surface area contributed by atoms with Gasteiger partial charge in [0.05, 0.1) is 32.5 Å². The van der Waals surface area contributed by atoms with E-state index >= 15 is 0 Å². The Morgan fingerprint density at radius 1 is 1.11 bits per heavy atom. The highest BCUT2D eigenvalue weighted by Crippen LogP contribution is 2.02. The van der Waals surface area contributed by atoms with E-state index in [9.17, 15) is 4.79 Å². The van der Waals surface area contributed by atoms with Gasteiger partial charge in [-0.05, 0) is 26.7 Å². The van der Waals surface area contributed by atoms with E-state index in [0.29, 0.717) is 45.9 Å². The minimum Gasteiger partial charge on any atom is -0.478 e. The molecule has 0 unspecified atom stereocenters. The number of carbonyl (C=O) groups is 1. The molecule has 0 bridgehead atoms. The van der Waals surface area contributed by atoms with Crippen LogP contribution in [-0.4, -0.2) is 50.2 Å². The molecule has 0 aliphatic rings. The van der Waals surface area contributed by atoms with Crippen molar-refractivity contribution < 1.29 is 24.1 Å². The Kier molecular flexibility index (Phi) is 10.6. The molecule has 5 heteroatoms. The lowest BCUT2D eigenvalue weighted by Crippen LogP contribution is -2.12. The van der Waals surface area contributed by atoms with Crippen LogP contribution >= 0.6 is 0 Å². The van der Waals surface area contributed by atoms with E-state index in [2.05, 4.69) is 6.58 Å². The summed E-state index contributed by atoms with van der Waals surface area (Å²) in [5.74, 6) is -0.941. The molecular formula is C13H24O5. The first-order valence-corrected chi connectivity index (χ1v) is 6.22. The zero-order chi connectivity index (χ0) is 13.8. The largest absolute Gasteiger partial charge is 0.478 e. The minimum absolute atomic E-state index is 0.223. The van der Waals surface area contributed by atoms with Crippen molar-refractivity contribution in [2.24, 2.45) is 0 Å². The molecule has 1 N–H and O–H groups in total. The Morgan fingerprint density at radius 2 is 1.67 bits per heavy atom. The van der Waals surface area contributed by atoms with Crippen molar-refractivity contribution in [3.05, 3.63) is 12.2 Å². The van der Waals surface area contributed by atoms with Crippen LogP contribution in [0.25, 0.3) is 0 Å². The number of carboxylic acid groups (broad SMARTS) is 1. The summed E-state index contributed by atoms with van der Waals surface area (Å²) in [4.78, 5) is 10.4. The third-order valence-electron chi connectivity index (χ3n) is 2.12. The number of carboxylic acids is 1. The summed E-state index contributed by atoms with van der Waals surface area (Å²) in [6.07, 6.45) is 1.35. The summed E-state index contributed by atoms with van der Waals surface area (Å²) in [5, 5.41) is 8.57. The molecule has 0 atom stereocenters. The molecule has 5 nitrogen and oxygen atoms in total. The van der Waals surface area contributed by atoms with Crippen molar-refractivity contribution in [3.63, 3.8) is 0 Å². The second kappa shape index (κ2) is 11.2. The SMILES string of the molecule is C=C(CCCOCCOCCOC(C)C)C(=O)O. The van der Waals surface area contributed by atoms with Gasteiger partial charge in [0.15, 0.2) is 0 Å². The first-order valence-electron chi connectivity index (χ1n) is 6.22. The number of hydrogen-bond donors (Lipinski definition) is 1. The summed E-state index contributed by atoms with van der Waals surface area (Å²) >= 11 is 0. The van der Waals surface area contributed by atoms with E-state index in [1.165, 1.54) is 0 Å². The fourth-order valence-electron chi connectivity index (χ4n) is 1.16. The number of ether oxygens (including phenoxy) is 3. The molecule has 0 rings (SSSR count). The van der Waals surface area contributed by atoms with Gasteiger partial charge in [-0.3, -0.25) is 0 Å². The molecule has 0 fully saturated rings. The predicted molar refractivity (Wildman–Crippen MR) is 68.7 cm³/mol. The van der Waals surface area contributed by atoms with Crippen molar-refractivity contribution in [1.29, 1.82) is 0 Å². The van der Waals surface area contributed by atoms with Gasteiger partial charge in [0, 0.05) is 12.2 Å². The fourth-order valence-corrected chi connectivity index (χ4v) is 1.16. The summed E-state index contributed by atoms with van der Waals surface area (Å²) in [7, 11) is 0. The van der Waals surface area contributed by atoms with Gasteiger partial charge < -0.3 is 19.3 Å². The normalized spacial score (nSPS) is 10.8. The molecule has 0 spiro atoms. The molecule has 0 heterocycles. The van der Waals surface area contributed by atoms with Crippen LogP contribution in [0.5, 0.6) is 0 Å². The lowest BCUT2D eigenvalue weighted by Gasteiger charge is -2.08. The van der Waals surface area contributed by atoms with E-state index in [-0.39, 0.29) is 11.7 Å². The molecule has 0 saturated carbocycles. The monoisotopic (exact) mass is 260 g/mol. The van der Waals surface area contributed by atoms with Crippen molar-refractivity contribution in [2.75, 3.05) is 33.0 Å². The zero-order valence-corrected chi connectivity index (χ0v) is 11.3. The highest BCUT2D eigenvalue weighted by molar-refractivity contribution is 5.85. The second-order valence-corrected chi connectivity index (χ2v) is 4.16. The molecule has 0 radical (unpaired) electrons. The van der Waals surface area contributed by atoms with Crippen molar-refractivity contribution >= 4 is 5.97 Å². The summed E-state index contributed by atoms with van der Waals surface area (Å²) in [6, 6.07) is 0. The van der Waals surface area contributed by atoms with Crippen LogP contribution in [0.1, 0.15) is 26.7 Å². The lowest BCUT2D eigenvalue weighted by atomic mass is 10.2. The van der Waals surface area contributed by atoms with Gasteiger partial charge in [0.2, 0.25) is 0 Å². The Labute approximate surface area is 109 Å². The molecule has 0 aliphatic carbocycles. The van der Waals surface area contributed by atoms with Crippen molar-refractivity contribution in [2.45, 2.75) is 32.8 Å². The van der Waals surface area contributed by atoms with Crippen LogP contribution in [0.15, 0.2) is 12.2 Å². The maximum Gasteiger partial charge on any atom is 0.330 e. The minimum atomic E-state index is -0.941. The average Bonchev–Trinajstić information content (AvgIpc) is 2.30. The molecule has 0 aromatic carbocycles. The Bertz CT molecular complexity index is 238. The van der Waals surface area contributed by atoms with Gasteiger partial charge in [-0.25, -0.2) is 4.79 Å². The number of rotatable bonds is 12. The van der Waals surface area contributed by atoms with Crippen molar-refractivity contribution in [3.8, 4) is 0 Å². The number of hydrogen-bond acceptors (Lipinski definition) is 4. The summed E-state index contributed by atoms with van der Waals surface area (Å²) in [5.41, 5.74) is 0.223. The van der Waals surface area contributed by atoms with Crippen LogP contribution in [0.2, 0.25) is 0 Å². The Balaban J connectivity index is 3.12.